The van der Waals surface area contributed by atoms with Crippen LogP contribution in [0.15, 0.2) is 30.3 Å². The van der Waals surface area contributed by atoms with E-state index in [2.05, 4.69) is 0 Å². The van der Waals surface area contributed by atoms with Gasteiger partial charge in [0.1, 0.15) is 0 Å². The Labute approximate surface area is 150 Å². The van der Waals surface area contributed by atoms with Gasteiger partial charge >= 0.3 is 15.6 Å². The van der Waals surface area contributed by atoms with E-state index in [0.717, 1.165) is 5.56 Å². The summed E-state index contributed by atoms with van der Waals surface area (Å²) >= 11 is 0. The van der Waals surface area contributed by atoms with Crippen LogP contribution in [0, 0.1) is 5.41 Å². The largest absolute Gasteiger partial charge is 0.522 e. The quantitative estimate of drug-likeness (QED) is 0.485. The van der Waals surface area contributed by atoms with Crippen molar-refractivity contribution in [1.82, 2.24) is 0 Å². The van der Waals surface area contributed by atoms with Gasteiger partial charge < -0.3 is 3.87 Å². The van der Waals surface area contributed by atoms with E-state index in [0.29, 0.717) is 6.42 Å². The lowest BCUT2D eigenvalue weighted by Crippen LogP contribution is -2.50. The minimum absolute atomic E-state index is 0.301. The zero-order chi connectivity index (χ0) is 19.7. The molecule has 0 aliphatic heterocycles. The Morgan fingerprint density at radius 2 is 1.56 bits per heavy atom. The molecule has 25 heavy (non-hydrogen) atoms. The lowest BCUT2D eigenvalue weighted by atomic mass is 9.87. The Balaban J connectivity index is 3.44. The molecule has 0 bridgehead atoms. The van der Waals surface area contributed by atoms with E-state index in [1.54, 1.807) is 45.0 Å². The Kier molecular flexibility index (Phi) is 6.57. The van der Waals surface area contributed by atoms with Gasteiger partial charge in [-0.3, -0.25) is 0 Å². The van der Waals surface area contributed by atoms with Crippen molar-refractivity contribution in [2.24, 2.45) is 5.41 Å². The number of benzene rings is 1. The normalized spacial score (nSPS) is 16.5. The Hall–Kier alpha value is -0.863. The van der Waals surface area contributed by atoms with Crippen molar-refractivity contribution in [3.8, 4) is 0 Å². The third-order valence-electron chi connectivity index (χ3n) is 5.34. The van der Waals surface area contributed by atoms with Crippen molar-refractivity contribution in [3.05, 3.63) is 35.9 Å². The van der Waals surface area contributed by atoms with Crippen LogP contribution in [0.4, 0.5) is 13.2 Å². The molecule has 1 aromatic rings. The van der Waals surface area contributed by atoms with Crippen molar-refractivity contribution in [2.75, 3.05) is 0 Å². The molecule has 0 radical (unpaired) electrons. The number of hydrogen-bond donors (Lipinski definition) is 0. The molecule has 0 N–H and O–H groups in total. The van der Waals surface area contributed by atoms with E-state index < -0.39 is 29.7 Å². The summed E-state index contributed by atoms with van der Waals surface area (Å²) in [4.78, 5) is 0. The van der Waals surface area contributed by atoms with Crippen molar-refractivity contribution >= 4 is 19.2 Å². The molecule has 0 aliphatic carbocycles. The molecule has 2 unspecified atom stereocenters. The molecular formula is C17H27F3O3SSi. The summed E-state index contributed by atoms with van der Waals surface area (Å²) in [5.74, 6) is 0. The van der Waals surface area contributed by atoms with Crippen LogP contribution in [0.5, 0.6) is 0 Å². The molecule has 0 amide bonds. The third-order valence-corrected chi connectivity index (χ3v) is 11.3. The average Bonchev–Trinajstić information content (AvgIpc) is 2.51. The van der Waals surface area contributed by atoms with Gasteiger partial charge in [0.2, 0.25) is 9.04 Å². The van der Waals surface area contributed by atoms with Gasteiger partial charge in [-0.05, 0) is 16.5 Å². The van der Waals surface area contributed by atoms with Gasteiger partial charge in [0.25, 0.3) is 0 Å². The first-order valence-electron chi connectivity index (χ1n) is 8.22. The highest BCUT2D eigenvalue weighted by molar-refractivity contribution is 7.88. The third kappa shape index (κ3) is 4.86. The molecule has 8 heteroatoms. The summed E-state index contributed by atoms with van der Waals surface area (Å²) in [7, 11) is -8.58. The number of rotatable bonds is 7. The number of hydrogen-bond acceptors (Lipinski definition) is 3. The van der Waals surface area contributed by atoms with Gasteiger partial charge in [0, 0.05) is 5.04 Å². The molecule has 1 rings (SSSR count). The molecule has 1 aromatic carbocycles. The smallest absolute Gasteiger partial charge is 0.311 e. The summed E-state index contributed by atoms with van der Waals surface area (Å²) in [6, 6.07) is 8.99. The van der Waals surface area contributed by atoms with Gasteiger partial charge in [-0.25, -0.2) is 0 Å². The van der Waals surface area contributed by atoms with E-state index in [1.165, 1.54) is 0 Å². The zero-order valence-corrected chi connectivity index (χ0v) is 17.5. The lowest BCUT2D eigenvalue weighted by molar-refractivity contribution is -0.0504. The topological polar surface area (TPSA) is 43.4 Å². The first kappa shape index (κ1) is 22.2. The molecule has 2 atom stereocenters. The van der Waals surface area contributed by atoms with Gasteiger partial charge in [-0.1, -0.05) is 78.3 Å². The highest BCUT2D eigenvalue weighted by atomic mass is 32.2. The second-order valence-corrected chi connectivity index (χ2v) is 13.1. The van der Waals surface area contributed by atoms with Crippen LogP contribution in [0.25, 0.3) is 0 Å². The molecule has 0 saturated heterocycles. The molecule has 144 valence electrons. The standard InChI is InChI=1S/C17H27F3O3SSi/c1-7-15(3,4)13(2)25(23-24(21,22)17(18,19)20)16(5,6)14-11-9-8-10-12-14/h8-13,25H,7H2,1-6H3. The van der Waals surface area contributed by atoms with Crippen molar-refractivity contribution in [1.29, 1.82) is 0 Å². The lowest BCUT2D eigenvalue weighted by Gasteiger charge is -2.42. The van der Waals surface area contributed by atoms with E-state index in [4.69, 9.17) is 3.87 Å². The molecule has 0 saturated carbocycles. The summed E-state index contributed by atoms with van der Waals surface area (Å²) < 4.78 is 67.3. The first-order chi connectivity index (χ1) is 11.2. The van der Waals surface area contributed by atoms with Crippen LogP contribution < -0.4 is 0 Å². The monoisotopic (exact) mass is 396 g/mol. The summed E-state index contributed by atoms with van der Waals surface area (Å²) in [6.45, 7) is 11.2. The Morgan fingerprint density at radius 3 is 1.96 bits per heavy atom. The predicted octanol–water partition coefficient (Wildman–Crippen LogP) is 4.92. The van der Waals surface area contributed by atoms with Gasteiger partial charge in [0.15, 0.2) is 0 Å². The second kappa shape index (κ2) is 7.40. The van der Waals surface area contributed by atoms with Gasteiger partial charge in [-0.15, -0.1) is 0 Å². The number of alkyl halides is 3. The molecule has 3 nitrogen and oxygen atoms in total. The molecule has 0 aliphatic rings. The molecular weight excluding hydrogens is 369 g/mol. The van der Waals surface area contributed by atoms with Crippen molar-refractivity contribution in [2.45, 2.75) is 64.1 Å². The van der Waals surface area contributed by atoms with Gasteiger partial charge in [0.05, 0.1) is 0 Å². The molecule has 0 spiro atoms. The number of halogens is 3. The van der Waals surface area contributed by atoms with E-state index in [1.807, 2.05) is 26.8 Å². The van der Waals surface area contributed by atoms with Crippen LogP contribution in [0.3, 0.4) is 0 Å². The minimum atomic E-state index is -5.64. The Bertz CT molecular complexity index is 670. The maximum atomic E-state index is 12.9. The average molecular weight is 397 g/mol. The van der Waals surface area contributed by atoms with Crippen LogP contribution >= 0.6 is 0 Å². The van der Waals surface area contributed by atoms with E-state index in [9.17, 15) is 21.6 Å². The predicted molar refractivity (Wildman–Crippen MR) is 96.2 cm³/mol. The summed E-state index contributed by atoms with van der Waals surface area (Å²) in [5, 5.41) is -0.800. The van der Waals surface area contributed by atoms with E-state index >= 15 is 0 Å². The second-order valence-electron chi connectivity index (χ2n) is 7.64. The molecule has 0 heterocycles. The first-order valence-corrected chi connectivity index (χ1v) is 11.3. The molecule has 0 fully saturated rings. The zero-order valence-electron chi connectivity index (χ0n) is 15.5. The maximum Gasteiger partial charge on any atom is 0.522 e. The fourth-order valence-corrected chi connectivity index (χ4v) is 8.77. The Morgan fingerprint density at radius 1 is 1.08 bits per heavy atom. The SMILES string of the molecule is CCC(C)(C)C(C)[SiH](OS(=O)(=O)C(F)(F)F)C(C)(C)c1ccccc1. The van der Waals surface area contributed by atoms with Crippen molar-refractivity contribution in [3.63, 3.8) is 0 Å². The summed E-state index contributed by atoms with van der Waals surface area (Å²) in [6.07, 6.45) is 0.706. The fourth-order valence-electron chi connectivity index (χ4n) is 2.78. The highest BCUT2D eigenvalue weighted by Gasteiger charge is 2.53. The van der Waals surface area contributed by atoms with E-state index in [-0.39, 0.29) is 11.0 Å². The summed E-state index contributed by atoms with van der Waals surface area (Å²) in [5.41, 5.74) is -5.28. The molecule has 0 aromatic heterocycles. The van der Waals surface area contributed by atoms with Crippen molar-refractivity contribution < 1.29 is 25.5 Å². The van der Waals surface area contributed by atoms with Crippen LogP contribution in [-0.4, -0.2) is 23.0 Å². The van der Waals surface area contributed by atoms with Crippen LogP contribution in [0.1, 0.15) is 53.5 Å². The van der Waals surface area contributed by atoms with Crippen LogP contribution in [0.2, 0.25) is 5.54 Å². The van der Waals surface area contributed by atoms with Gasteiger partial charge in [-0.2, -0.15) is 21.6 Å². The minimum Gasteiger partial charge on any atom is -0.311 e. The maximum absolute atomic E-state index is 12.9. The highest BCUT2D eigenvalue weighted by Crippen LogP contribution is 2.45. The van der Waals surface area contributed by atoms with Crippen LogP contribution in [-0.2, 0) is 19.0 Å². The fraction of sp³-hybridized carbons (Fsp3) is 0.647.